The monoisotopic (exact) mass is 730 g/mol. The van der Waals surface area contributed by atoms with Gasteiger partial charge >= 0.3 is 0 Å². The highest BCUT2D eigenvalue weighted by Crippen LogP contribution is 2.38. The quantitative estimate of drug-likeness (QED) is 0.176. The molecule has 7 nitrogen and oxygen atoms in total. The van der Waals surface area contributed by atoms with Crippen LogP contribution in [0.2, 0.25) is 0 Å². The van der Waals surface area contributed by atoms with E-state index in [0.717, 1.165) is 66.2 Å². The molecule has 0 bridgehead atoms. The van der Waals surface area contributed by atoms with E-state index in [1.807, 2.05) is 66.9 Å². The van der Waals surface area contributed by atoms with Gasteiger partial charge in [-0.2, -0.15) is 0 Å². The Balaban J connectivity index is 1.03. The van der Waals surface area contributed by atoms with Gasteiger partial charge < -0.3 is 13.6 Å². The Morgan fingerprint density at radius 1 is 0.351 bits per heavy atom. The molecule has 0 saturated heterocycles. The van der Waals surface area contributed by atoms with Crippen molar-refractivity contribution >= 4 is 65.7 Å². The highest BCUT2D eigenvalue weighted by molar-refractivity contribution is 6.12. The molecule has 0 amide bonds. The summed E-state index contributed by atoms with van der Waals surface area (Å²) in [5.74, 6) is 1.89. The van der Waals surface area contributed by atoms with Gasteiger partial charge in [0, 0.05) is 49.3 Å². The van der Waals surface area contributed by atoms with Crippen LogP contribution >= 0.6 is 0 Å². The Morgan fingerprint density at radius 2 is 0.842 bits per heavy atom. The first kappa shape index (κ1) is 31.5. The number of hydrogen-bond acceptors (Lipinski definition) is 5. The fourth-order valence-electron chi connectivity index (χ4n) is 8.43. The molecule has 0 aliphatic carbocycles. The molecule has 5 heterocycles. The third kappa shape index (κ3) is 4.92. The molecule has 12 rings (SSSR count). The molecule has 57 heavy (non-hydrogen) atoms. The lowest BCUT2D eigenvalue weighted by atomic mass is 10.1. The van der Waals surface area contributed by atoms with Gasteiger partial charge in [0.05, 0.1) is 39.3 Å². The van der Waals surface area contributed by atoms with Crippen LogP contribution < -0.4 is 0 Å². The number of nitrogens with zero attached hydrogens (tertiary/aromatic N) is 6. The molecule has 0 saturated carbocycles. The second-order valence-electron chi connectivity index (χ2n) is 14.3. The van der Waals surface area contributed by atoms with Crippen molar-refractivity contribution in [1.82, 2.24) is 29.1 Å². The fourth-order valence-corrected chi connectivity index (χ4v) is 8.43. The van der Waals surface area contributed by atoms with Gasteiger partial charge in [-0.15, -0.1) is 0 Å². The number of furan rings is 1. The van der Waals surface area contributed by atoms with Crippen molar-refractivity contribution in [3.63, 3.8) is 0 Å². The second kappa shape index (κ2) is 12.3. The van der Waals surface area contributed by atoms with Gasteiger partial charge in [-0.25, -0.2) is 19.9 Å². The fraction of sp³-hybridized carbons (Fsp3) is 0. The van der Waals surface area contributed by atoms with Gasteiger partial charge in [-0.1, -0.05) is 115 Å². The molecule has 0 unspecified atom stereocenters. The zero-order valence-corrected chi connectivity index (χ0v) is 30.4. The molecule has 7 aromatic carbocycles. The van der Waals surface area contributed by atoms with E-state index >= 15 is 0 Å². The summed E-state index contributed by atoms with van der Waals surface area (Å²) in [6, 6.07) is 60.9. The van der Waals surface area contributed by atoms with E-state index in [2.05, 4.69) is 124 Å². The van der Waals surface area contributed by atoms with Gasteiger partial charge in [0.2, 0.25) is 5.71 Å². The lowest BCUT2D eigenvalue weighted by Crippen LogP contribution is -2.00. The number of hydrogen-bond donors (Lipinski definition) is 0. The van der Waals surface area contributed by atoms with Crippen molar-refractivity contribution in [2.24, 2.45) is 0 Å². The van der Waals surface area contributed by atoms with Crippen molar-refractivity contribution in [1.29, 1.82) is 0 Å². The molecule has 0 aliphatic rings. The molecule has 0 atom stereocenters. The molecule has 7 heteroatoms. The van der Waals surface area contributed by atoms with Gasteiger partial charge in [-0.05, 0) is 60.7 Å². The molecule has 0 fully saturated rings. The van der Waals surface area contributed by atoms with E-state index in [9.17, 15) is 0 Å². The first-order valence-corrected chi connectivity index (χ1v) is 19.0. The zero-order valence-electron chi connectivity index (χ0n) is 30.4. The maximum atomic E-state index is 6.35. The SMILES string of the molecule is c1ccc(-c2nc(-c3ccccc3)nc(-c3ccc4c(c3)c3ccccc3n4-c3cnc4oc5ccc(-n6c7ccccc7c7ccccc76)cc5c4c3)n2)cc1. The average Bonchev–Trinajstić information content (AvgIpc) is 3.94. The summed E-state index contributed by atoms with van der Waals surface area (Å²) in [6.45, 7) is 0. The Hall–Kier alpha value is -7.90. The number of aromatic nitrogens is 6. The van der Waals surface area contributed by atoms with E-state index in [1.54, 1.807) is 0 Å². The van der Waals surface area contributed by atoms with Crippen LogP contribution in [0.25, 0.3) is 111 Å². The van der Waals surface area contributed by atoms with E-state index < -0.39 is 0 Å². The molecular weight excluding hydrogens is 701 g/mol. The lowest BCUT2D eigenvalue weighted by Gasteiger charge is -2.10. The smallest absolute Gasteiger partial charge is 0.227 e. The number of rotatable bonds is 5. The summed E-state index contributed by atoms with van der Waals surface area (Å²) < 4.78 is 11.0. The van der Waals surface area contributed by atoms with Crippen LogP contribution in [0.15, 0.2) is 187 Å². The summed E-state index contributed by atoms with van der Waals surface area (Å²) in [6.07, 6.45) is 1.91. The molecule has 5 aromatic heterocycles. The van der Waals surface area contributed by atoms with Crippen molar-refractivity contribution in [2.45, 2.75) is 0 Å². The van der Waals surface area contributed by atoms with Crippen LogP contribution in [-0.2, 0) is 0 Å². The minimum absolute atomic E-state index is 0.606. The Morgan fingerprint density at radius 3 is 1.46 bits per heavy atom. The molecule has 266 valence electrons. The molecule has 0 N–H and O–H groups in total. The summed E-state index contributed by atoms with van der Waals surface area (Å²) in [7, 11) is 0. The first-order valence-electron chi connectivity index (χ1n) is 19.0. The number of benzene rings is 7. The molecule has 0 spiro atoms. The first-order chi connectivity index (χ1) is 28.2. The van der Waals surface area contributed by atoms with Crippen LogP contribution in [0.4, 0.5) is 0 Å². The average molecular weight is 731 g/mol. The summed E-state index contributed by atoms with van der Waals surface area (Å²) in [4.78, 5) is 19.8. The van der Waals surface area contributed by atoms with Gasteiger partial charge in [0.25, 0.3) is 0 Å². The standard InChI is InChI=1S/C50H30N6O/c1-3-13-31(14-4-1)47-52-48(32-15-5-2-6-16-32)54-49(53-47)33-23-25-45-39(27-33)38-19-9-12-22-44(38)56(45)35-29-41-40-28-34(24-26-46(40)57-50(41)51-30-35)55-42-20-10-7-17-36(42)37-18-8-11-21-43(37)55/h1-30H. The van der Waals surface area contributed by atoms with E-state index in [4.69, 9.17) is 24.4 Å². The molecule has 0 aliphatic heterocycles. The highest BCUT2D eigenvalue weighted by Gasteiger charge is 2.19. The predicted octanol–water partition coefficient (Wildman–Crippen LogP) is 12.4. The topological polar surface area (TPSA) is 74.6 Å². The van der Waals surface area contributed by atoms with Gasteiger partial charge in [0.1, 0.15) is 5.58 Å². The van der Waals surface area contributed by atoms with Crippen LogP contribution in [0, 0.1) is 0 Å². The van der Waals surface area contributed by atoms with Crippen molar-refractivity contribution < 1.29 is 4.42 Å². The minimum Gasteiger partial charge on any atom is -0.438 e. The van der Waals surface area contributed by atoms with Crippen molar-refractivity contribution in [3.8, 4) is 45.5 Å². The Kier molecular flexibility index (Phi) is 6.79. The maximum absolute atomic E-state index is 6.35. The maximum Gasteiger partial charge on any atom is 0.227 e. The summed E-state index contributed by atoms with van der Waals surface area (Å²) >= 11 is 0. The van der Waals surface area contributed by atoms with Crippen LogP contribution in [-0.4, -0.2) is 29.1 Å². The third-order valence-electron chi connectivity index (χ3n) is 11.0. The van der Waals surface area contributed by atoms with Crippen LogP contribution in [0.3, 0.4) is 0 Å². The molecule has 12 aromatic rings. The van der Waals surface area contributed by atoms with Crippen molar-refractivity contribution in [2.75, 3.05) is 0 Å². The van der Waals surface area contributed by atoms with Gasteiger partial charge in [-0.3, -0.25) is 0 Å². The highest BCUT2D eigenvalue weighted by atomic mass is 16.3. The summed E-state index contributed by atoms with van der Waals surface area (Å²) in [5.41, 5.74) is 10.7. The minimum atomic E-state index is 0.606. The summed E-state index contributed by atoms with van der Waals surface area (Å²) in [5, 5.41) is 6.65. The number of para-hydroxylation sites is 3. The number of fused-ring (bicyclic) bond motifs is 9. The normalized spacial score (nSPS) is 11.9. The number of pyridine rings is 1. The van der Waals surface area contributed by atoms with Crippen LogP contribution in [0.1, 0.15) is 0 Å². The van der Waals surface area contributed by atoms with Crippen molar-refractivity contribution in [3.05, 3.63) is 182 Å². The molecular formula is C50H30N6O. The van der Waals surface area contributed by atoms with Gasteiger partial charge in [0.15, 0.2) is 17.5 Å². The predicted molar refractivity (Wildman–Crippen MR) is 230 cm³/mol. The Bertz CT molecular complexity index is 3420. The van der Waals surface area contributed by atoms with E-state index in [0.29, 0.717) is 23.2 Å². The lowest BCUT2D eigenvalue weighted by molar-refractivity contribution is 0.654. The van der Waals surface area contributed by atoms with Crippen LogP contribution in [0.5, 0.6) is 0 Å². The largest absolute Gasteiger partial charge is 0.438 e. The third-order valence-corrected chi connectivity index (χ3v) is 11.0. The second-order valence-corrected chi connectivity index (χ2v) is 14.3. The van der Waals surface area contributed by atoms with E-state index in [1.165, 1.54) is 21.8 Å². The van der Waals surface area contributed by atoms with E-state index in [-0.39, 0.29) is 0 Å². The zero-order chi connectivity index (χ0) is 37.5. The Labute approximate surface area is 325 Å². The molecule has 0 radical (unpaired) electrons.